The summed E-state index contributed by atoms with van der Waals surface area (Å²) in [5.41, 5.74) is 0.879. The fraction of sp³-hybridized carbons (Fsp3) is 0.615. The molecule has 0 spiro atoms. The molecule has 1 N–H and O–H groups in total. The van der Waals surface area contributed by atoms with Gasteiger partial charge in [-0.15, -0.1) is 0 Å². The Kier molecular flexibility index (Phi) is 6.08. The van der Waals surface area contributed by atoms with Crippen molar-refractivity contribution in [3.8, 4) is 5.75 Å². The molecule has 0 saturated carbocycles. The van der Waals surface area contributed by atoms with Crippen molar-refractivity contribution in [2.45, 2.75) is 38.9 Å². The number of rotatable bonds is 7. The number of nitrogens with one attached hydrogen (secondary N) is 1. The van der Waals surface area contributed by atoms with Crippen molar-refractivity contribution < 1.29 is 17.9 Å². The highest BCUT2D eigenvalue weighted by atomic mass is 19.4. The van der Waals surface area contributed by atoms with Gasteiger partial charge in [-0.25, -0.2) is 0 Å². The molecule has 0 saturated heterocycles. The van der Waals surface area contributed by atoms with Crippen LogP contribution in [-0.2, 0) is 0 Å². The molecule has 1 atom stereocenters. The lowest BCUT2D eigenvalue weighted by Gasteiger charge is -2.12. The van der Waals surface area contributed by atoms with Crippen LogP contribution in [0.4, 0.5) is 13.2 Å². The van der Waals surface area contributed by atoms with Crippen molar-refractivity contribution in [1.82, 2.24) is 10.3 Å². The highest BCUT2D eigenvalue weighted by Gasteiger charge is 2.26. The molecule has 0 bridgehead atoms. The standard InChI is InChI=1S/C13H19F3N2O/c1-3-17-10(2)12-6-5-11(9-18-12)19-8-4-7-13(14,15)16/h5-6,9-10,17H,3-4,7-8H2,1-2H3. The van der Waals surface area contributed by atoms with Crippen LogP contribution in [0.5, 0.6) is 5.75 Å². The van der Waals surface area contributed by atoms with Gasteiger partial charge in [-0.3, -0.25) is 4.98 Å². The number of aromatic nitrogens is 1. The van der Waals surface area contributed by atoms with Gasteiger partial charge in [0.1, 0.15) is 5.75 Å². The lowest BCUT2D eigenvalue weighted by atomic mass is 10.2. The van der Waals surface area contributed by atoms with Crippen LogP contribution in [-0.4, -0.2) is 24.3 Å². The first kappa shape index (κ1) is 15.8. The van der Waals surface area contributed by atoms with Crippen LogP contribution < -0.4 is 10.1 Å². The van der Waals surface area contributed by atoms with E-state index < -0.39 is 12.6 Å². The number of alkyl halides is 3. The Balaban J connectivity index is 2.36. The summed E-state index contributed by atoms with van der Waals surface area (Å²) in [7, 11) is 0. The quantitative estimate of drug-likeness (QED) is 0.774. The zero-order chi connectivity index (χ0) is 14.3. The van der Waals surface area contributed by atoms with Gasteiger partial charge >= 0.3 is 6.18 Å². The number of pyridine rings is 1. The van der Waals surface area contributed by atoms with Crippen molar-refractivity contribution in [3.05, 3.63) is 24.0 Å². The molecule has 6 heteroatoms. The maximum Gasteiger partial charge on any atom is 0.389 e. The Morgan fingerprint density at radius 2 is 2.11 bits per heavy atom. The molecule has 1 aromatic heterocycles. The predicted octanol–water partition coefficient (Wildman–Crippen LogP) is 3.47. The van der Waals surface area contributed by atoms with Gasteiger partial charge in [-0.2, -0.15) is 13.2 Å². The molecule has 3 nitrogen and oxygen atoms in total. The second-order valence-corrected chi connectivity index (χ2v) is 4.27. The van der Waals surface area contributed by atoms with E-state index in [4.69, 9.17) is 4.74 Å². The molecular formula is C13H19F3N2O. The Morgan fingerprint density at radius 1 is 1.37 bits per heavy atom. The number of hydrogen-bond acceptors (Lipinski definition) is 3. The third-order valence-corrected chi connectivity index (χ3v) is 2.59. The zero-order valence-corrected chi connectivity index (χ0v) is 11.1. The van der Waals surface area contributed by atoms with E-state index in [2.05, 4.69) is 10.3 Å². The summed E-state index contributed by atoms with van der Waals surface area (Å²) < 4.78 is 41.0. The smallest absolute Gasteiger partial charge is 0.389 e. The van der Waals surface area contributed by atoms with E-state index in [-0.39, 0.29) is 19.1 Å². The van der Waals surface area contributed by atoms with Crippen molar-refractivity contribution in [2.24, 2.45) is 0 Å². The average Bonchev–Trinajstić information content (AvgIpc) is 2.34. The molecule has 0 fully saturated rings. The summed E-state index contributed by atoms with van der Waals surface area (Å²) in [6.07, 6.45) is -3.45. The van der Waals surface area contributed by atoms with Crippen molar-refractivity contribution in [2.75, 3.05) is 13.2 Å². The fourth-order valence-electron chi connectivity index (χ4n) is 1.61. The molecular weight excluding hydrogens is 257 g/mol. The minimum atomic E-state index is -4.12. The maximum atomic E-state index is 11.9. The van der Waals surface area contributed by atoms with Crippen LogP contribution in [0.25, 0.3) is 0 Å². The van der Waals surface area contributed by atoms with Gasteiger partial charge in [-0.1, -0.05) is 6.92 Å². The third kappa shape index (κ3) is 6.42. The molecule has 0 aliphatic rings. The topological polar surface area (TPSA) is 34.1 Å². The summed E-state index contributed by atoms with van der Waals surface area (Å²) in [4.78, 5) is 4.21. The molecule has 1 rings (SSSR count). The monoisotopic (exact) mass is 276 g/mol. The van der Waals surface area contributed by atoms with E-state index in [0.29, 0.717) is 5.75 Å². The first-order chi connectivity index (χ1) is 8.92. The Bertz CT molecular complexity index is 365. The van der Waals surface area contributed by atoms with E-state index in [0.717, 1.165) is 12.2 Å². The normalized spacial score (nSPS) is 13.3. The van der Waals surface area contributed by atoms with E-state index in [1.54, 1.807) is 6.07 Å². The minimum Gasteiger partial charge on any atom is -0.492 e. The summed E-state index contributed by atoms with van der Waals surface area (Å²) in [5, 5.41) is 3.22. The number of ether oxygens (including phenoxy) is 1. The van der Waals surface area contributed by atoms with E-state index in [1.165, 1.54) is 6.20 Å². The highest BCUT2D eigenvalue weighted by molar-refractivity contribution is 5.21. The van der Waals surface area contributed by atoms with Crippen molar-refractivity contribution in [3.63, 3.8) is 0 Å². The van der Waals surface area contributed by atoms with Crippen LogP contribution in [0.15, 0.2) is 18.3 Å². The molecule has 0 aromatic carbocycles. The summed E-state index contributed by atoms with van der Waals surface area (Å²) >= 11 is 0. The first-order valence-corrected chi connectivity index (χ1v) is 6.31. The predicted molar refractivity (Wildman–Crippen MR) is 67.1 cm³/mol. The Hall–Kier alpha value is -1.30. The minimum absolute atomic E-state index is 0.0426. The molecule has 108 valence electrons. The van der Waals surface area contributed by atoms with Crippen LogP contribution in [0, 0.1) is 0 Å². The molecule has 0 aliphatic carbocycles. The lowest BCUT2D eigenvalue weighted by molar-refractivity contribution is -0.136. The average molecular weight is 276 g/mol. The first-order valence-electron chi connectivity index (χ1n) is 6.31. The molecule has 0 amide bonds. The van der Waals surface area contributed by atoms with Gasteiger partial charge in [0.15, 0.2) is 0 Å². The molecule has 1 unspecified atom stereocenters. The third-order valence-electron chi connectivity index (χ3n) is 2.59. The summed E-state index contributed by atoms with van der Waals surface area (Å²) in [6.45, 7) is 4.90. The number of halogens is 3. The fourth-order valence-corrected chi connectivity index (χ4v) is 1.61. The van der Waals surface area contributed by atoms with E-state index in [9.17, 15) is 13.2 Å². The van der Waals surface area contributed by atoms with E-state index >= 15 is 0 Å². The SMILES string of the molecule is CCNC(C)c1ccc(OCCCC(F)(F)F)cn1. The van der Waals surface area contributed by atoms with E-state index in [1.807, 2.05) is 19.9 Å². The van der Waals surface area contributed by atoms with Gasteiger partial charge in [0, 0.05) is 12.5 Å². The number of hydrogen-bond donors (Lipinski definition) is 1. The van der Waals surface area contributed by atoms with Crippen LogP contribution in [0.3, 0.4) is 0 Å². The van der Waals surface area contributed by atoms with Crippen molar-refractivity contribution >= 4 is 0 Å². The van der Waals surface area contributed by atoms with Gasteiger partial charge in [0.2, 0.25) is 0 Å². The second-order valence-electron chi connectivity index (χ2n) is 4.27. The Labute approximate surface area is 111 Å². The van der Waals surface area contributed by atoms with Crippen LogP contribution >= 0.6 is 0 Å². The van der Waals surface area contributed by atoms with Gasteiger partial charge < -0.3 is 10.1 Å². The largest absolute Gasteiger partial charge is 0.492 e. The molecule has 19 heavy (non-hydrogen) atoms. The maximum absolute atomic E-state index is 11.9. The molecule has 0 aliphatic heterocycles. The zero-order valence-electron chi connectivity index (χ0n) is 11.1. The van der Waals surface area contributed by atoms with Crippen LogP contribution in [0.2, 0.25) is 0 Å². The van der Waals surface area contributed by atoms with Crippen molar-refractivity contribution in [1.29, 1.82) is 0 Å². The van der Waals surface area contributed by atoms with Crippen LogP contribution in [0.1, 0.15) is 38.4 Å². The van der Waals surface area contributed by atoms with Gasteiger partial charge in [0.05, 0.1) is 18.5 Å². The highest BCUT2D eigenvalue weighted by Crippen LogP contribution is 2.21. The number of nitrogens with zero attached hydrogens (tertiary/aromatic N) is 1. The molecule has 1 heterocycles. The summed E-state index contributed by atoms with van der Waals surface area (Å²) in [6, 6.07) is 3.68. The van der Waals surface area contributed by atoms with Gasteiger partial charge in [-0.05, 0) is 32.0 Å². The molecule has 1 aromatic rings. The molecule has 0 radical (unpaired) electrons. The van der Waals surface area contributed by atoms with Gasteiger partial charge in [0.25, 0.3) is 0 Å². The lowest BCUT2D eigenvalue weighted by Crippen LogP contribution is -2.18. The summed E-state index contributed by atoms with van der Waals surface area (Å²) in [5.74, 6) is 0.495. The second kappa shape index (κ2) is 7.33. The Morgan fingerprint density at radius 3 is 2.63 bits per heavy atom.